The Morgan fingerprint density at radius 2 is 2.38 bits per heavy atom. The highest BCUT2D eigenvalue weighted by molar-refractivity contribution is 8.13. The van der Waals surface area contributed by atoms with Gasteiger partial charge in [0, 0.05) is 17.8 Å². The molecule has 0 aliphatic carbocycles. The first-order valence-corrected chi connectivity index (χ1v) is 6.74. The van der Waals surface area contributed by atoms with Gasteiger partial charge in [0.25, 0.3) is 0 Å². The van der Waals surface area contributed by atoms with E-state index in [0.717, 1.165) is 30.3 Å². The fourth-order valence-corrected chi connectivity index (χ4v) is 2.65. The molecule has 4 nitrogen and oxygen atoms in total. The number of nitrogens with one attached hydrogen (secondary N) is 2. The van der Waals surface area contributed by atoms with E-state index in [2.05, 4.69) is 29.5 Å². The molecule has 0 saturated carbocycles. The molecule has 1 saturated heterocycles. The maximum Gasteiger partial charge on any atom is 0.241 e. The van der Waals surface area contributed by atoms with E-state index in [1.54, 1.807) is 11.8 Å². The summed E-state index contributed by atoms with van der Waals surface area (Å²) in [6, 6.07) is 0. The van der Waals surface area contributed by atoms with Gasteiger partial charge in [-0.15, -0.1) is 0 Å². The molecule has 0 aromatic heterocycles. The Bertz CT molecular complexity index is 276. The first-order chi connectivity index (χ1) is 7.53. The molecule has 1 aliphatic rings. The van der Waals surface area contributed by atoms with Crippen LogP contribution >= 0.6 is 11.8 Å². The van der Waals surface area contributed by atoms with Gasteiger partial charge < -0.3 is 10.6 Å². The molecule has 92 valence electrons. The monoisotopic (exact) mass is 243 g/mol. The molecule has 0 aromatic rings. The van der Waals surface area contributed by atoms with Gasteiger partial charge in [0.2, 0.25) is 5.91 Å². The van der Waals surface area contributed by atoms with E-state index in [0.29, 0.717) is 0 Å². The zero-order chi connectivity index (χ0) is 12.0. The third-order valence-electron chi connectivity index (χ3n) is 2.35. The minimum Gasteiger partial charge on any atom is -0.360 e. The van der Waals surface area contributed by atoms with Crippen molar-refractivity contribution in [2.24, 2.45) is 4.99 Å². The molecule has 0 radical (unpaired) electrons. The number of hydrogen-bond donors (Lipinski definition) is 2. The topological polar surface area (TPSA) is 53.5 Å². The van der Waals surface area contributed by atoms with E-state index in [1.807, 2.05) is 6.92 Å². The van der Waals surface area contributed by atoms with Crippen LogP contribution in [0.2, 0.25) is 0 Å². The van der Waals surface area contributed by atoms with E-state index in [9.17, 15) is 4.79 Å². The Morgan fingerprint density at radius 3 is 3.00 bits per heavy atom. The van der Waals surface area contributed by atoms with Crippen LogP contribution in [0.3, 0.4) is 0 Å². The van der Waals surface area contributed by atoms with E-state index in [-0.39, 0.29) is 18.0 Å². The third kappa shape index (κ3) is 4.88. The Labute approximate surface area is 102 Å². The van der Waals surface area contributed by atoms with E-state index in [1.165, 1.54) is 0 Å². The maximum absolute atomic E-state index is 11.4. The lowest BCUT2D eigenvalue weighted by atomic mass is 10.0. The summed E-state index contributed by atoms with van der Waals surface area (Å²) in [5.74, 6) is 1.07. The summed E-state index contributed by atoms with van der Waals surface area (Å²) in [6.07, 6.45) is 2.08. The summed E-state index contributed by atoms with van der Waals surface area (Å²) in [6.45, 7) is 7.30. The highest BCUT2D eigenvalue weighted by Crippen LogP contribution is 2.21. The molecule has 0 aromatic carbocycles. The number of hydrogen-bond acceptors (Lipinski definition) is 3. The zero-order valence-electron chi connectivity index (χ0n) is 10.3. The number of nitrogens with zero attached hydrogens (tertiary/aromatic N) is 1. The fraction of sp³-hybridized carbons (Fsp3) is 0.818. The van der Waals surface area contributed by atoms with Crippen molar-refractivity contribution in [1.29, 1.82) is 0 Å². The number of amides is 1. The van der Waals surface area contributed by atoms with Gasteiger partial charge in [0.05, 0.1) is 0 Å². The Kier molecular flexibility index (Phi) is 5.12. The molecular weight excluding hydrogens is 222 g/mol. The first-order valence-electron chi connectivity index (χ1n) is 5.75. The number of amidine groups is 1. The predicted molar refractivity (Wildman–Crippen MR) is 69.9 cm³/mol. The number of carbonyl (C=O) groups is 1. The minimum atomic E-state index is 0.000120. The largest absolute Gasteiger partial charge is 0.360 e. The van der Waals surface area contributed by atoms with Gasteiger partial charge in [-0.3, -0.25) is 9.79 Å². The minimum absolute atomic E-state index is 0.000120. The van der Waals surface area contributed by atoms with Gasteiger partial charge in [0.1, 0.15) is 6.54 Å². The SMILES string of the molecule is CCCNC(=O)CN=C1NC(C)(C)CCS1. The van der Waals surface area contributed by atoms with Crippen LogP contribution in [0.4, 0.5) is 0 Å². The molecule has 16 heavy (non-hydrogen) atoms. The van der Waals surface area contributed by atoms with Gasteiger partial charge in [-0.05, 0) is 26.7 Å². The lowest BCUT2D eigenvalue weighted by molar-refractivity contribution is -0.119. The van der Waals surface area contributed by atoms with Crippen LogP contribution < -0.4 is 10.6 Å². The van der Waals surface area contributed by atoms with Crippen molar-refractivity contribution in [3.63, 3.8) is 0 Å². The molecule has 5 heteroatoms. The smallest absolute Gasteiger partial charge is 0.241 e. The molecule has 1 fully saturated rings. The quantitative estimate of drug-likeness (QED) is 0.784. The van der Waals surface area contributed by atoms with Gasteiger partial charge in [0.15, 0.2) is 5.17 Å². The molecule has 0 bridgehead atoms. The first kappa shape index (κ1) is 13.4. The van der Waals surface area contributed by atoms with Crippen LogP contribution in [0.15, 0.2) is 4.99 Å². The van der Waals surface area contributed by atoms with Crippen LogP contribution in [0.1, 0.15) is 33.6 Å². The lowest BCUT2D eigenvalue weighted by Crippen LogP contribution is -2.46. The molecule has 1 aliphatic heterocycles. The second-order valence-corrected chi connectivity index (χ2v) is 5.66. The Hall–Kier alpha value is -0.710. The normalized spacial score (nSPS) is 21.6. The fourth-order valence-electron chi connectivity index (χ4n) is 1.34. The molecule has 0 spiro atoms. The molecule has 1 heterocycles. The standard InChI is InChI=1S/C11H21N3OS/c1-4-6-12-9(15)8-13-10-14-11(2,3)5-7-16-10/h4-8H2,1-3H3,(H,12,15)(H,13,14). The van der Waals surface area contributed by atoms with Crippen LogP contribution in [-0.2, 0) is 4.79 Å². The van der Waals surface area contributed by atoms with Crippen LogP contribution in [0.25, 0.3) is 0 Å². The number of aliphatic imine (C=N–C) groups is 1. The van der Waals surface area contributed by atoms with Crippen molar-refractivity contribution in [3.8, 4) is 0 Å². The number of thioether (sulfide) groups is 1. The average Bonchev–Trinajstić information content (AvgIpc) is 2.22. The highest BCUT2D eigenvalue weighted by Gasteiger charge is 2.24. The van der Waals surface area contributed by atoms with Gasteiger partial charge in [-0.25, -0.2) is 0 Å². The van der Waals surface area contributed by atoms with E-state index >= 15 is 0 Å². The summed E-state index contributed by atoms with van der Waals surface area (Å²) in [5, 5.41) is 7.04. The second-order valence-electron chi connectivity index (χ2n) is 4.58. The van der Waals surface area contributed by atoms with Crippen LogP contribution in [-0.4, -0.2) is 35.5 Å². The highest BCUT2D eigenvalue weighted by atomic mass is 32.2. The molecule has 1 amide bonds. The third-order valence-corrected chi connectivity index (χ3v) is 3.26. The van der Waals surface area contributed by atoms with Crippen molar-refractivity contribution >= 4 is 22.8 Å². The van der Waals surface area contributed by atoms with E-state index in [4.69, 9.17) is 0 Å². The van der Waals surface area contributed by atoms with Crippen molar-refractivity contribution in [2.75, 3.05) is 18.8 Å². The molecule has 0 unspecified atom stereocenters. The molecule has 0 atom stereocenters. The summed E-state index contributed by atoms with van der Waals surface area (Å²) >= 11 is 1.69. The zero-order valence-corrected chi connectivity index (χ0v) is 11.1. The average molecular weight is 243 g/mol. The summed E-state index contributed by atoms with van der Waals surface area (Å²) in [5.41, 5.74) is 0.101. The molecular formula is C11H21N3OS. The van der Waals surface area contributed by atoms with Crippen molar-refractivity contribution in [3.05, 3.63) is 0 Å². The summed E-state index contributed by atoms with van der Waals surface area (Å²) in [7, 11) is 0. The van der Waals surface area contributed by atoms with Crippen molar-refractivity contribution < 1.29 is 4.79 Å². The predicted octanol–water partition coefficient (Wildman–Crippen LogP) is 1.37. The van der Waals surface area contributed by atoms with Gasteiger partial charge in [-0.2, -0.15) is 0 Å². The summed E-state index contributed by atoms with van der Waals surface area (Å²) < 4.78 is 0. The van der Waals surface area contributed by atoms with Gasteiger partial charge in [-0.1, -0.05) is 18.7 Å². The Morgan fingerprint density at radius 1 is 1.62 bits per heavy atom. The Balaban J connectivity index is 2.36. The van der Waals surface area contributed by atoms with Crippen LogP contribution in [0, 0.1) is 0 Å². The van der Waals surface area contributed by atoms with Crippen molar-refractivity contribution in [2.45, 2.75) is 39.2 Å². The maximum atomic E-state index is 11.4. The lowest BCUT2D eigenvalue weighted by Gasteiger charge is -2.32. The number of carbonyl (C=O) groups excluding carboxylic acids is 1. The second kappa shape index (κ2) is 6.13. The number of rotatable bonds is 4. The summed E-state index contributed by atoms with van der Waals surface area (Å²) in [4.78, 5) is 15.6. The van der Waals surface area contributed by atoms with Crippen LogP contribution in [0.5, 0.6) is 0 Å². The van der Waals surface area contributed by atoms with E-state index < -0.39 is 0 Å². The molecule has 2 N–H and O–H groups in total. The van der Waals surface area contributed by atoms with Crippen molar-refractivity contribution in [1.82, 2.24) is 10.6 Å². The molecule has 1 rings (SSSR count). The van der Waals surface area contributed by atoms with Gasteiger partial charge >= 0.3 is 0 Å².